The Balaban J connectivity index is 2.12. The maximum atomic E-state index is 10.9. The van der Waals surface area contributed by atoms with E-state index in [1.165, 1.54) is 6.07 Å². The average Bonchev–Trinajstić information content (AvgIpc) is 2.37. The topological polar surface area (TPSA) is 88.0 Å². The minimum absolute atomic E-state index is 0.0141. The van der Waals surface area contributed by atoms with Crippen LogP contribution in [0.25, 0.3) is 0 Å². The van der Waals surface area contributed by atoms with Crippen molar-refractivity contribution in [2.75, 3.05) is 5.32 Å². The summed E-state index contributed by atoms with van der Waals surface area (Å²) < 4.78 is 0. The Morgan fingerprint density at radius 1 is 1.33 bits per heavy atom. The molecule has 2 aromatic rings. The first kappa shape index (κ1) is 12.0. The minimum atomic E-state index is -1.06. The molecule has 0 aromatic carbocycles. The van der Waals surface area contributed by atoms with Crippen molar-refractivity contribution in [1.82, 2.24) is 15.0 Å². The second-order valence-corrected chi connectivity index (χ2v) is 3.70. The normalized spacial score (nSPS) is 10.1. The number of aromatic carboxylic acids is 1. The molecule has 0 spiro atoms. The molecule has 0 aliphatic heterocycles. The van der Waals surface area contributed by atoms with Crippen molar-refractivity contribution >= 4 is 11.8 Å². The molecule has 18 heavy (non-hydrogen) atoms. The van der Waals surface area contributed by atoms with Crippen LogP contribution in [-0.2, 0) is 6.54 Å². The highest BCUT2D eigenvalue weighted by Gasteiger charge is 2.08. The molecule has 0 bridgehead atoms. The molecule has 0 aliphatic rings. The second-order valence-electron chi connectivity index (χ2n) is 3.70. The molecule has 0 saturated carbocycles. The Morgan fingerprint density at radius 3 is 2.72 bits per heavy atom. The Kier molecular flexibility index (Phi) is 3.47. The van der Waals surface area contributed by atoms with Crippen LogP contribution in [-0.4, -0.2) is 26.0 Å². The maximum Gasteiger partial charge on any atom is 0.354 e. The van der Waals surface area contributed by atoms with Gasteiger partial charge in [0.05, 0.1) is 0 Å². The lowest BCUT2D eigenvalue weighted by Crippen LogP contribution is -2.08. The summed E-state index contributed by atoms with van der Waals surface area (Å²) in [5, 5.41) is 11.9. The van der Waals surface area contributed by atoms with Crippen molar-refractivity contribution in [3.8, 4) is 0 Å². The van der Waals surface area contributed by atoms with Crippen LogP contribution in [0.2, 0.25) is 0 Å². The predicted octanol–water partition coefficient (Wildman–Crippen LogP) is 1.49. The quantitative estimate of drug-likeness (QED) is 0.847. The van der Waals surface area contributed by atoms with Crippen LogP contribution in [0.5, 0.6) is 0 Å². The van der Waals surface area contributed by atoms with Gasteiger partial charge in [0.15, 0.2) is 5.69 Å². The van der Waals surface area contributed by atoms with Gasteiger partial charge in [-0.25, -0.2) is 14.8 Å². The first-order valence-electron chi connectivity index (χ1n) is 5.37. The zero-order valence-electron chi connectivity index (χ0n) is 9.79. The number of carboxylic acid groups (broad SMARTS) is 1. The minimum Gasteiger partial charge on any atom is -0.477 e. The van der Waals surface area contributed by atoms with Gasteiger partial charge in [0.25, 0.3) is 0 Å². The van der Waals surface area contributed by atoms with Gasteiger partial charge in [-0.3, -0.25) is 4.98 Å². The number of hydrogen-bond donors (Lipinski definition) is 2. The predicted molar refractivity (Wildman–Crippen MR) is 65.3 cm³/mol. The van der Waals surface area contributed by atoms with E-state index in [1.54, 1.807) is 19.3 Å². The molecule has 2 aromatic heterocycles. The molecule has 0 saturated heterocycles. The van der Waals surface area contributed by atoms with Gasteiger partial charge in [-0.05, 0) is 24.6 Å². The number of aryl methyl sites for hydroxylation is 1. The van der Waals surface area contributed by atoms with E-state index in [-0.39, 0.29) is 5.69 Å². The molecule has 0 aliphatic carbocycles. The largest absolute Gasteiger partial charge is 0.477 e. The van der Waals surface area contributed by atoms with Gasteiger partial charge in [0.1, 0.15) is 11.6 Å². The van der Waals surface area contributed by atoms with Gasteiger partial charge in [0, 0.05) is 25.0 Å². The van der Waals surface area contributed by atoms with Crippen molar-refractivity contribution in [1.29, 1.82) is 0 Å². The summed E-state index contributed by atoms with van der Waals surface area (Å²) >= 11 is 0. The van der Waals surface area contributed by atoms with Crippen LogP contribution < -0.4 is 5.32 Å². The van der Waals surface area contributed by atoms with E-state index in [9.17, 15) is 4.79 Å². The zero-order chi connectivity index (χ0) is 13.0. The van der Waals surface area contributed by atoms with Crippen molar-refractivity contribution in [2.45, 2.75) is 13.5 Å². The molecule has 0 radical (unpaired) electrons. The highest BCUT2D eigenvalue weighted by Crippen LogP contribution is 2.08. The number of rotatable bonds is 4. The van der Waals surface area contributed by atoms with Crippen LogP contribution in [0.15, 0.2) is 30.6 Å². The van der Waals surface area contributed by atoms with Crippen LogP contribution in [0, 0.1) is 6.92 Å². The molecule has 6 heteroatoms. The third kappa shape index (κ3) is 3.00. The molecule has 2 heterocycles. The number of nitrogens with one attached hydrogen (secondary N) is 1. The second kappa shape index (κ2) is 5.22. The number of nitrogens with zero attached hydrogens (tertiary/aromatic N) is 3. The van der Waals surface area contributed by atoms with E-state index in [4.69, 9.17) is 5.11 Å². The highest BCUT2D eigenvalue weighted by atomic mass is 16.4. The van der Waals surface area contributed by atoms with Crippen LogP contribution in [0.3, 0.4) is 0 Å². The fourth-order valence-electron chi connectivity index (χ4n) is 1.46. The van der Waals surface area contributed by atoms with Gasteiger partial charge < -0.3 is 10.4 Å². The average molecular weight is 244 g/mol. The first-order chi connectivity index (χ1) is 8.65. The maximum absolute atomic E-state index is 10.9. The molecule has 0 unspecified atom stereocenters. The number of anilines is 1. The molecule has 2 N–H and O–H groups in total. The van der Waals surface area contributed by atoms with E-state index in [1.807, 2.05) is 12.1 Å². The van der Waals surface area contributed by atoms with Crippen molar-refractivity contribution in [3.63, 3.8) is 0 Å². The summed E-state index contributed by atoms with van der Waals surface area (Å²) in [6.45, 7) is 2.21. The third-order valence-corrected chi connectivity index (χ3v) is 2.28. The molecular weight excluding hydrogens is 232 g/mol. The molecular formula is C12H12N4O2. The molecule has 2 rings (SSSR count). The molecule has 0 atom stereocenters. The smallest absolute Gasteiger partial charge is 0.354 e. The van der Waals surface area contributed by atoms with Gasteiger partial charge in [-0.2, -0.15) is 0 Å². The lowest BCUT2D eigenvalue weighted by Gasteiger charge is -2.06. The van der Waals surface area contributed by atoms with Gasteiger partial charge in [0.2, 0.25) is 0 Å². The molecule has 0 amide bonds. The zero-order valence-corrected chi connectivity index (χ0v) is 9.79. The van der Waals surface area contributed by atoms with Crippen molar-refractivity contribution < 1.29 is 9.90 Å². The molecule has 6 nitrogen and oxygen atoms in total. The standard InChI is InChI=1S/C12H12N4O2/c1-8-15-10(12(17)18)6-11(16-8)14-7-9-2-4-13-5-3-9/h2-6H,7H2,1H3,(H,17,18)(H,14,15,16). The fourth-order valence-corrected chi connectivity index (χ4v) is 1.46. The Hall–Kier alpha value is -2.50. The number of hydrogen-bond acceptors (Lipinski definition) is 5. The van der Waals surface area contributed by atoms with Crippen molar-refractivity contribution in [2.24, 2.45) is 0 Å². The summed E-state index contributed by atoms with van der Waals surface area (Å²) in [4.78, 5) is 22.7. The fraction of sp³-hybridized carbons (Fsp3) is 0.167. The Labute approximate surface area is 104 Å². The van der Waals surface area contributed by atoms with Crippen molar-refractivity contribution in [3.05, 3.63) is 47.7 Å². The Bertz CT molecular complexity index is 557. The number of carboxylic acids is 1. The molecule has 0 fully saturated rings. The SMILES string of the molecule is Cc1nc(NCc2ccncc2)cc(C(=O)O)n1. The van der Waals surface area contributed by atoms with Gasteiger partial charge in [-0.1, -0.05) is 0 Å². The third-order valence-electron chi connectivity index (χ3n) is 2.28. The van der Waals surface area contributed by atoms with E-state index in [0.29, 0.717) is 18.2 Å². The van der Waals surface area contributed by atoms with E-state index < -0.39 is 5.97 Å². The highest BCUT2D eigenvalue weighted by molar-refractivity contribution is 5.86. The summed E-state index contributed by atoms with van der Waals surface area (Å²) in [5.41, 5.74) is 1.03. The molecule has 92 valence electrons. The van der Waals surface area contributed by atoms with E-state index in [2.05, 4.69) is 20.3 Å². The van der Waals surface area contributed by atoms with Crippen LogP contribution >= 0.6 is 0 Å². The number of pyridine rings is 1. The van der Waals surface area contributed by atoms with Gasteiger partial charge in [-0.15, -0.1) is 0 Å². The van der Waals surface area contributed by atoms with E-state index >= 15 is 0 Å². The number of carbonyl (C=O) groups is 1. The van der Waals surface area contributed by atoms with E-state index in [0.717, 1.165) is 5.56 Å². The summed E-state index contributed by atoms with van der Waals surface area (Å²) in [6, 6.07) is 5.16. The Morgan fingerprint density at radius 2 is 2.06 bits per heavy atom. The lowest BCUT2D eigenvalue weighted by molar-refractivity contribution is 0.0690. The van der Waals surface area contributed by atoms with Crippen LogP contribution in [0.1, 0.15) is 21.9 Å². The van der Waals surface area contributed by atoms with Gasteiger partial charge >= 0.3 is 5.97 Å². The number of aromatic nitrogens is 3. The lowest BCUT2D eigenvalue weighted by atomic mass is 10.2. The summed E-state index contributed by atoms with van der Waals surface area (Å²) in [7, 11) is 0. The monoisotopic (exact) mass is 244 g/mol. The summed E-state index contributed by atoms with van der Waals surface area (Å²) in [5.74, 6) is -0.142. The first-order valence-corrected chi connectivity index (χ1v) is 5.37. The summed E-state index contributed by atoms with van der Waals surface area (Å²) in [6.07, 6.45) is 3.40. The van der Waals surface area contributed by atoms with Crippen LogP contribution in [0.4, 0.5) is 5.82 Å².